The van der Waals surface area contributed by atoms with Crippen LogP contribution in [-0.4, -0.2) is 63.3 Å². The van der Waals surface area contributed by atoms with Crippen LogP contribution >= 0.6 is 0 Å². The first-order chi connectivity index (χ1) is 15.0. The summed E-state index contributed by atoms with van der Waals surface area (Å²) in [5.41, 5.74) is 0.441. The third kappa shape index (κ3) is 5.15. The molecule has 0 aliphatic carbocycles. The summed E-state index contributed by atoms with van der Waals surface area (Å²) in [5, 5.41) is 17.6. The van der Waals surface area contributed by atoms with Gasteiger partial charge >= 0.3 is 189 Å². The van der Waals surface area contributed by atoms with E-state index in [1.165, 1.54) is 8.18 Å². The van der Waals surface area contributed by atoms with Crippen molar-refractivity contribution in [2.24, 2.45) is 0 Å². The molecule has 164 valence electrons. The van der Waals surface area contributed by atoms with Crippen LogP contribution < -0.4 is 14.9 Å². The second kappa shape index (κ2) is 9.92. The summed E-state index contributed by atoms with van der Waals surface area (Å²) in [7, 11) is 0. The third-order valence-corrected chi connectivity index (χ3v) is 8.45. The maximum absolute atomic E-state index is 12.4. The van der Waals surface area contributed by atoms with Crippen LogP contribution in [0.5, 0.6) is 0 Å². The Morgan fingerprint density at radius 3 is 2.84 bits per heavy atom. The fourth-order valence-corrected chi connectivity index (χ4v) is 6.53. The fourth-order valence-electron chi connectivity index (χ4n) is 3.66. The summed E-state index contributed by atoms with van der Waals surface area (Å²) < 4.78 is 11.9. The van der Waals surface area contributed by atoms with E-state index in [0.717, 1.165) is 10.2 Å². The van der Waals surface area contributed by atoms with Crippen molar-refractivity contribution in [1.29, 1.82) is 0 Å². The number of rotatable bonds is 8. The van der Waals surface area contributed by atoms with E-state index >= 15 is 0 Å². The first-order valence-electron chi connectivity index (χ1n) is 10.2. The molecule has 0 radical (unpaired) electrons. The monoisotopic (exact) mass is 541 g/mol. The van der Waals surface area contributed by atoms with Crippen LogP contribution in [0.2, 0.25) is 4.47 Å². The zero-order valence-electron chi connectivity index (χ0n) is 17.2. The van der Waals surface area contributed by atoms with Gasteiger partial charge in [-0.15, -0.1) is 0 Å². The van der Waals surface area contributed by atoms with Crippen molar-refractivity contribution in [1.82, 2.24) is 24.5 Å². The number of nitrogens with one attached hydrogen (secondary N) is 1. The zero-order chi connectivity index (χ0) is 21.8. The van der Waals surface area contributed by atoms with Gasteiger partial charge in [0.25, 0.3) is 0 Å². The third-order valence-electron chi connectivity index (χ3n) is 5.31. The van der Waals surface area contributed by atoms with Gasteiger partial charge in [0.2, 0.25) is 0 Å². The van der Waals surface area contributed by atoms with Crippen molar-refractivity contribution in [2.75, 3.05) is 6.61 Å². The molecule has 3 heterocycles. The van der Waals surface area contributed by atoms with E-state index in [2.05, 4.69) is 27.4 Å². The number of hydrogen-bond donors (Lipinski definition) is 2. The van der Waals surface area contributed by atoms with E-state index in [1.807, 2.05) is 29.1 Å². The van der Waals surface area contributed by atoms with E-state index in [-0.39, 0.29) is 24.3 Å². The summed E-state index contributed by atoms with van der Waals surface area (Å²) in [4.78, 5) is 26.5. The molecular weight excluding hydrogens is 514 g/mol. The minimum atomic E-state index is -0.485. The van der Waals surface area contributed by atoms with Crippen molar-refractivity contribution >= 4 is 24.5 Å². The number of aryl methyl sites for hydroxylation is 2. The van der Waals surface area contributed by atoms with Crippen LogP contribution in [0.15, 0.2) is 52.3 Å². The number of aromatic nitrogens is 5. The summed E-state index contributed by atoms with van der Waals surface area (Å²) in [6, 6.07) is 10.3. The van der Waals surface area contributed by atoms with Gasteiger partial charge in [-0.1, -0.05) is 0 Å². The molecule has 4 rings (SSSR count). The topological polar surface area (TPSA) is 115 Å². The summed E-state index contributed by atoms with van der Waals surface area (Å²) >= 11 is -0.485. The van der Waals surface area contributed by atoms with E-state index < -0.39 is 32.8 Å². The van der Waals surface area contributed by atoms with Crippen LogP contribution in [-0.2, 0) is 11.2 Å². The molecule has 3 atom stereocenters. The average Bonchev–Trinajstić information content (AvgIpc) is 3.41. The normalized spacial score (nSPS) is 20.9. The van der Waals surface area contributed by atoms with Gasteiger partial charge in [-0.2, -0.15) is 0 Å². The molecule has 0 unspecified atom stereocenters. The van der Waals surface area contributed by atoms with Crippen LogP contribution in [0.25, 0.3) is 0 Å². The van der Waals surface area contributed by atoms with Gasteiger partial charge in [-0.05, 0) is 0 Å². The first kappa shape index (κ1) is 22.0. The van der Waals surface area contributed by atoms with E-state index in [9.17, 15) is 9.59 Å². The van der Waals surface area contributed by atoms with Gasteiger partial charge in [-0.3, -0.25) is 0 Å². The second-order valence-electron chi connectivity index (χ2n) is 7.55. The molecule has 0 spiro atoms. The molecular formula is C21H25N5O4Te. The molecule has 3 aromatic rings. The Morgan fingerprint density at radius 1 is 1.26 bits per heavy atom. The van der Waals surface area contributed by atoms with Crippen LogP contribution in [0, 0.1) is 6.92 Å². The van der Waals surface area contributed by atoms with Gasteiger partial charge < -0.3 is 0 Å². The molecule has 1 aliphatic heterocycles. The Balaban J connectivity index is 1.58. The molecule has 1 aliphatic rings. The van der Waals surface area contributed by atoms with Gasteiger partial charge in [0.1, 0.15) is 0 Å². The minimum absolute atomic E-state index is 0.0617. The van der Waals surface area contributed by atoms with Crippen LogP contribution in [0.3, 0.4) is 0 Å². The number of nitrogens with zero attached hydrogens (tertiary/aromatic N) is 4. The van der Waals surface area contributed by atoms with Crippen LogP contribution in [0.1, 0.15) is 36.4 Å². The van der Waals surface area contributed by atoms with Crippen molar-refractivity contribution in [3.63, 3.8) is 0 Å². The summed E-state index contributed by atoms with van der Waals surface area (Å²) in [6.07, 6.45) is 4.73. The SMILES string of the molecule is Cc1cn([C@H]2C[C@H](n3cc(CCCO)nn3)[C@@H](C[Te]c3ccccc3)O2)c(=O)[nH]c1=O. The van der Waals surface area contributed by atoms with Crippen molar-refractivity contribution in [3.8, 4) is 0 Å². The number of aromatic amines is 1. The molecule has 9 nitrogen and oxygen atoms in total. The molecule has 2 N–H and O–H groups in total. The van der Waals surface area contributed by atoms with E-state index in [0.29, 0.717) is 24.8 Å². The molecule has 31 heavy (non-hydrogen) atoms. The predicted octanol–water partition coefficient (Wildman–Crippen LogP) is 0.338. The van der Waals surface area contributed by atoms with Crippen LogP contribution in [0.4, 0.5) is 0 Å². The molecule has 2 aromatic heterocycles. The molecule has 0 amide bonds. The Labute approximate surface area is 189 Å². The zero-order valence-corrected chi connectivity index (χ0v) is 19.5. The number of hydrogen-bond acceptors (Lipinski definition) is 6. The molecule has 0 bridgehead atoms. The van der Waals surface area contributed by atoms with E-state index in [4.69, 9.17) is 9.84 Å². The number of benzene rings is 1. The van der Waals surface area contributed by atoms with Gasteiger partial charge in [0.15, 0.2) is 0 Å². The Kier molecular flexibility index (Phi) is 7.02. The molecule has 10 heteroatoms. The standard InChI is InChI=1S/C21H25N5O4Te/c1-14-11-25(21(29)22-20(14)28)19-10-17(26-12-15(23-24-26)6-5-9-27)18(30-19)13-31-16-7-3-2-4-8-16/h2-4,7-8,11-12,17-19,27H,5-6,9-10,13H2,1H3,(H,22,28,29)/t17-,18+,19+/m0/s1. The Hall–Kier alpha value is -2.25. The van der Waals surface area contributed by atoms with Gasteiger partial charge in [-0.25, -0.2) is 0 Å². The predicted molar refractivity (Wildman–Crippen MR) is 116 cm³/mol. The second-order valence-corrected chi connectivity index (χ2v) is 10.7. The average molecular weight is 539 g/mol. The molecule has 0 saturated carbocycles. The molecule has 1 saturated heterocycles. The number of aliphatic hydroxyl groups excluding tert-OH is 1. The quantitative estimate of drug-likeness (QED) is 0.400. The van der Waals surface area contributed by atoms with Gasteiger partial charge in [0, 0.05) is 0 Å². The number of aliphatic hydroxyl groups is 1. The molecule has 1 fully saturated rings. The first-order valence-corrected chi connectivity index (χ1v) is 13.0. The fraction of sp³-hybridized carbons (Fsp3) is 0.429. The number of ether oxygens (including phenoxy) is 1. The maximum atomic E-state index is 12.4. The van der Waals surface area contributed by atoms with Gasteiger partial charge in [0.05, 0.1) is 0 Å². The Morgan fingerprint density at radius 2 is 2.06 bits per heavy atom. The van der Waals surface area contributed by atoms with Crippen molar-refractivity contribution in [3.05, 3.63) is 74.8 Å². The number of H-pyrrole nitrogens is 1. The van der Waals surface area contributed by atoms with E-state index in [1.54, 1.807) is 13.1 Å². The molecule has 1 aromatic carbocycles. The summed E-state index contributed by atoms with van der Waals surface area (Å²) in [6.45, 7) is 1.78. The Bertz CT molecular complexity index is 1130. The van der Waals surface area contributed by atoms with Crippen molar-refractivity contribution in [2.45, 2.75) is 49.0 Å². The summed E-state index contributed by atoms with van der Waals surface area (Å²) in [5.74, 6) is 0. The van der Waals surface area contributed by atoms with Crippen molar-refractivity contribution < 1.29 is 9.84 Å².